The lowest BCUT2D eigenvalue weighted by Gasteiger charge is -2.07. The molecule has 0 spiro atoms. The predicted molar refractivity (Wildman–Crippen MR) is 46.5 cm³/mol. The molecule has 3 nitrogen and oxygen atoms in total. The van der Waals surface area contributed by atoms with Gasteiger partial charge in [-0.2, -0.15) is 0 Å². The Balaban J connectivity index is 2.18. The molecule has 0 amide bonds. The molecule has 1 aromatic rings. The lowest BCUT2D eigenvalue weighted by molar-refractivity contribution is 0.0855. The Hall–Kier alpha value is -1.58. The Labute approximate surface area is 75.0 Å². The van der Waals surface area contributed by atoms with E-state index in [-0.39, 0.29) is 11.9 Å². The number of amidine groups is 1. The van der Waals surface area contributed by atoms with E-state index in [4.69, 9.17) is 10.6 Å². The minimum absolute atomic E-state index is 0.226. The monoisotopic (exact) mass is 180 g/mol. The van der Waals surface area contributed by atoms with Crippen LogP contribution in [0.1, 0.15) is 18.1 Å². The number of hydrogen-bond acceptors (Lipinski definition) is 3. The topological polar surface area (TPSA) is 47.6 Å². The van der Waals surface area contributed by atoms with Gasteiger partial charge in [-0.3, -0.25) is 0 Å². The second-order valence-electron chi connectivity index (χ2n) is 2.94. The summed E-state index contributed by atoms with van der Waals surface area (Å²) in [5.74, 6) is 0.181. The van der Waals surface area contributed by atoms with Crippen molar-refractivity contribution < 1.29 is 9.23 Å². The first-order valence-corrected chi connectivity index (χ1v) is 3.99. The van der Waals surface area contributed by atoms with Gasteiger partial charge in [0.25, 0.3) is 0 Å². The van der Waals surface area contributed by atoms with Crippen LogP contribution >= 0.6 is 0 Å². The van der Waals surface area contributed by atoms with E-state index in [1.165, 1.54) is 12.1 Å². The fourth-order valence-corrected chi connectivity index (χ4v) is 1.28. The highest BCUT2D eigenvalue weighted by Gasteiger charge is 2.20. The third-order valence-electron chi connectivity index (χ3n) is 1.91. The van der Waals surface area contributed by atoms with Crippen LogP contribution in [0.25, 0.3) is 0 Å². The second-order valence-corrected chi connectivity index (χ2v) is 2.94. The van der Waals surface area contributed by atoms with Gasteiger partial charge in [0.05, 0.1) is 6.42 Å². The van der Waals surface area contributed by atoms with Crippen molar-refractivity contribution in [1.82, 2.24) is 0 Å². The molecule has 1 aromatic carbocycles. The molecule has 1 heterocycles. The van der Waals surface area contributed by atoms with Crippen LogP contribution in [-0.4, -0.2) is 5.84 Å². The average Bonchev–Trinajstić information content (AvgIpc) is 2.52. The van der Waals surface area contributed by atoms with Gasteiger partial charge in [0, 0.05) is 0 Å². The van der Waals surface area contributed by atoms with E-state index in [0.29, 0.717) is 12.3 Å². The molecule has 1 aliphatic heterocycles. The first kappa shape index (κ1) is 8.04. The van der Waals surface area contributed by atoms with Crippen molar-refractivity contribution in [3.8, 4) is 0 Å². The molecule has 4 heteroatoms. The molecule has 2 N–H and O–H groups in total. The van der Waals surface area contributed by atoms with Crippen LogP contribution in [-0.2, 0) is 4.84 Å². The Morgan fingerprint density at radius 1 is 1.54 bits per heavy atom. The summed E-state index contributed by atoms with van der Waals surface area (Å²) < 4.78 is 12.8. The Bertz CT molecular complexity index is 351. The third-order valence-corrected chi connectivity index (χ3v) is 1.91. The molecule has 0 aliphatic carbocycles. The highest BCUT2D eigenvalue weighted by Crippen LogP contribution is 2.25. The molecule has 1 unspecified atom stereocenters. The molecular formula is C9H9FN2O. The molecule has 0 fully saturated rings. The lowest BCUT2D eigenvalue weighted by Crippen LogP contribution is -2.09. The SMILES string of the molecule is NC1=NOC(c2cccc(F)c2)C1. The summed E-state index contributed by atoms with van der Waals surface area (Å²) in [7, 11) is 0. The average molecular weight is 180 g/mol. The molecule has 1 aliphatic rings. The van der Waals surface area contributed by atoms with Crippen LogP contribution in [0.4, 0.5) is 4.39 Å². The van der Waals surface area contributed by atoms with E-state index < -0.39 is 0 Å². The summed E-state index contributed by atoms with van der Waals surface area (Å²) in [6.45, 7) is 0. The zero-order valence-corrected chi connectivity index (χ0v) is 6.90. The highest BCUT2D eigenvalue weighted by molar-refractivity contribution is 5.81. The quantitative estimate of drug-likeness (QED) is 0.712. The van der Waals surface area contributed by atoms with Gasteiger partial charge in [-0.15, -0.1) is 0 Å². The van der Waals surface area contributed by atoms with Gasteiger partial charge < -0.3 is 10.6 Å². The molecule has 0 radical (unpaired) electrons. The number of nitrogens with zero attached hydrogens (tertiary/aromatic N) is 1. The second kappa shape index (κ2) is 3.05. The smallest absolute Gasteiger partial charge is 0.159 e. The number of nitrogens with two attached hydrogens (primary N) is 1. The van der Waals surface area contributed by atoms with Crippen LogP contribution in [0.3, 0.4) is 0 Å². The van der Waals surface area contributed by atoms with Crippen molar-refractivity contribution in [2.24, 2.45) is 10.9 Å². The Morgan fingerprint density at radius 3 is 3.00 bits per heavy atom. The summed E-state index contributed by atoms with van der Waals surface area (Å²) in [5, 5.41) is 3.60. The van der Waals surface area contributed by atoms with E-state index in [1.54, 1.807) is 12.1 Å². The van der Waals surface area contributed by atoms with E-state index in [0.717, 1.165) is 5.56 Å². The van der Waals surface area contributed by atoms with Crippen molar-refractivity contribution in [2.45, 2.75) is 12.5 Å². The zero-order valence-electron chi connectivity index (χ0n) is 6.90. The van der Waals surface area contributed by atoms with Crippen LogP contribution in [0, 0.1) is 5.82 Å². The number of rotatable bonds is 1. The highest BCUT2D eigenvalue weighted by atomic mass is 19.1. The minimum Gasteiger partial charge on any atom is -0.386 e. The van der Waals surface area contributed by atoms with E-state index in [2.05, 4.69) is 5.16 Å². The van der Waals surface area contributed by atoms with E-state index >= 15 is 0 Å². The molecule has 1 atom stereocenters. The maximum absolute atomic E-state index is 12.8. The molecule has 2 rings (SSSR count). The fraction of sp³-hybridized carbons (Fsp3) is 0.222. The molecule has 0 saturated carbocycles. The maximum atomic E-state index is 12.8. The van der Waals surface area contributed by atoms with Crippen LogP contribution in [0.15, 0.2) is 29.4 Å². The van der Waals surface area contributed by atoms with Gasteiger partial charge in [0.15, 0.2) is 6.10 Å². The predicted octanol–water partition coefficient (Wildman–Crippen LogP) is 1.56. The van der Waals surface area contributed by atoms with Crippen molar-refractivity contribution in [3.05, 3.63) is 35.6 Å². The molecular weight excluding hydrogens is 171 g/mol. The summed E-state index contributed by atoms with van der Waals surface area (Å²) in [4.78, 5) is 5.00. The van der Waals surface area contributed by atoms with E-state index in [1.807, 2.05) is 0 Å². The van der Waals surface area contributed by atoms with Crippen molar-refractivity contribution in [1.29, 1.82) is 0 Å². The summed E-state index contributed by atoms with van der Waals surface area (Å²) in [6, 6.07) is 6.26. The first-order valence-electron chi connectivity index (χ1n) is 3.99. The normalized spacial score (nSPS) is 21.0. The largest absolute Gasteiger partial charge is 0.386 e. The third kappa shape index (κ3) is 1.61. The van der Waals surface area contributed by atoms with Crippen LogP contribution < -0.4 is 5.73 Å². The number of hydrogen-bond donors (Lipinski definition) is 1. The van der Waals surface area contributed by atoms with Crippen molar-refractivity contribution >= 4 is 5.84 Å². The van der Waals surface area contributed by atoms with Gasteiger partial charge in [-0.1, -0.05) is 17.3 Å². The Morgan fingerprint density at radius 2 is 2.38 bits per heavy atom. The summed E-state index contributed by atoms with van der Waals surface area (Å²) >= 11 is 0. The molecule has 0 bridgehead atoms. The van der Waals surface area contributed by atoms with Crippen molar-refractivity contribution in [3.63, 3.8) is 0 Å². The molecule has 13 heavy (non-hydrogen) atoms. The minimum atomic E-state index is -0.272. The van der Waals surface area contributed by atoms with Crippen molar-refractivity contribution in [2.75, 3.05) is 0 Å². The zero-order chi connectivity index (χ0) is 9.26. The lowest BCUT2D eigenvalue weighted by atomic mass is 10.1. The van der Waals surface area contributed by atoms with Gasteiger partial charge in [0.1, 0.15) is 11.7 Å². The Kier molecular flexibility index (Phi) is 1.88. The van der Waals surface area contributed by atoms with E-state index in [9.17, 15) is 4.39 Å². The summed E-state index contributed by atoms with van der Waals surface area (Å²) in [5.41, 5.74) is 6.20. The van der Waals surface area contributed by atoms with Crippen LogP contribution in [0.2, 0.25) is 0 Å². The van der Waals surface area contributed by atoms with Gasteiger partial charge in [-0.05, 0) is 17.7 Å². The fourth-order valence-electron chi connectivity index (χ4n) is 1.28. The first-order chi connectivity index (χ1) is 6.25. The van der Waals surface area contributed by atoms with Gasteiger partial charge in [0.2, 0.25) is 0 Å². The molecule has 0 saturated heterocycles. The molecule has 68 valence electrons. The summed E-state index contributed by atoms with van der Waals surface area (Å²) in [6.07, 6.45) is 0.305. The van der Waals surface area contributed by atoms with Crippen LogP contribution in [0.5, 0.6) is 0 Å². The number of halogens is 1. The van der Waals surface area contributed by atoms with Gasteiger partial charge >= 0.3 is 0 Å². The maximum Gasteiger partial charge on any atom is 0.159 e. The standard InChI is InChI=1S/C9H9FN2O/c10-7-3-1-2-6(4-7)8-5-9(11)12-13-8/h1-4,8H,5H2,(H2,11,12). The number of benzene rings is 1. The number of oxime groups is 1. The van der Waals surface area contributed by atoms with Gasteiger partial charge in [-0.25, -0.2) is 4.39 Å². The molecule has 0 aromatic heterocycles.